The zero-order chi connectivity index (χ0) is 15.1. The first kappa shape index (κ1) is 17.3. The quantitative estimate of drug-likeness (QED) is 0.760. The molecule has 0 aliphatic carbocycles. The number of methoxy groups -OCH3 is 1. The van der Waals surface area contributed by atoms with Gasteiger partial charge in [-0.1, -0.05) is 13.8 Å². The van der Waals surface area contributed by atoms with Crippen LogP contribution in [0.3, 0.4) is 0 Å². The van der Waals surface area contributed by atoms with E-state index in [9.17, 15) is 5.11 Å². The van der Waals surface area contributed by atoms with Gasteiger partial charge < -0.3 is 19.9 Å². The fourth-order valence-electron chi connectivity index (χ4n) is 1.76. The average Bonchev–Trinajstić information content (AvgIpc) is 2.41. The number of halogens is 1. The molecule has 114 valence electrons. The normalized spacial score (nSPS) is 12.6. The number of aliphatic hydroxyl groups is 1. The maximum Gasteiger partial charge on any atom is 0.175 e. The highest BCUT2D eigenvalue weighted by Gasteiger charge is 2.12. The maximum absolute atomic E-state index is 9.76. The standard InChI is InChI=1S/C15H24BrNO3/c1-5-20-15-12(16)6-11(7-14(15)19-4)8-17-9-13(18)10(2)3/h6-7,10,13,17-18H,5,8-9H2,1-4H3. The highest BCUT2D eigenvalue weighted by atomic mass is 79.9. The lowest BCUT2D eigenvalue weighted by Crippen LogP contribution is -2.30. The first-order valence-electron chi connectivity index (χ1n) is 6.87. The molecule has 0 radical (unpaired) electrons. The molecule has 0 aliphatic rings. The second-order valence-corrected chi connectivity index (χ2v) is 5.84. The first-order valence-corrected chi connectivity index (χ1v) is 7.66. The molecule has 0 amide bonds. The Morgan fingerprint density at radius 2 is 2.05 bits per heavy atom. The van der Waals surface area contributed by atoms with Gasteiger partial charge in [0.05, 0.1) is 24.3 Å². The summed E-state index contributed by atoms with van der Waals surface area (Å²) >= 11 is 3.50. The number of ether oxygens (including phenoxy) is 2. The summed E-state index contributed by atoms with van der Waals surface area (Å²) in [7, 11) is 1.63. The van der Waals surface area contributed by atoms with Crippen LogP contribution in [0.1, 0.15) is 26.3 Å². The van der Waals surface area contributed by atoms with Crippen LogP contribution < -0.4 is 14.8 Å². The van der Waals surface area contributed by atoms with Crippen LogP contribution in [0.4, 0.5) is 0 Å². The number of aliphatic hydroxyl groups excluding tert-OH is 1. The van der Waals surface area contributed by atoms with E-state index in [-0.39, 0.29) is 12.0 Å². The van der Waals surface area contributed by atoms with Crippen molar-refractivity contribution in [1.82, 2.24) is 5.32 Å². The molecule has 1 atom stereocenters. The van der Waals surface area contributed by atoms with Gasteiger partial charge in [0.15, 0.2) is 11.5 Å². The van der Waals surface area contributed by atoms with E-state index in [2.05, 4.69) is 21.2 Å². The second-order valence-electron chi connectivity index (χ2n) is 4.98. The minimum absolute atomic E-state index is 0.254. The van der Waals surface area contributed by atoms with Gasteiger partial charge in [0.1, 0.15) is 0 Å². The van der Waals surface area contributed by atoms with Gasteiger partial charge in [-0.25, -0.2) is 0 Å². The molecule has 1 rings (SSSR count). The third-order valence-electron chi connectivity index (χ3n) is 3.03. The van der Waals surface area contributed by atoms with E-state index in [1.54, 1.807) is 7.11 Å². The van der Waals surface area contributed by atoms with Crippen molar-refractivity contribution in [3.05, 3.63) is 22.2 Å². The predicted molar refractivity (Wildman–Crippen MR) is 84.4 cm³/mol. The molecule has 5 heteroatoms. The van der Waals surface area contributed by atoms with Crippen LogP contribution in [0.5, 0.6) is 11.5 Å². The van der Waals surface area contributed by atoms with E-state index >= 15 is 0 Å². The van der Waals surface area contributed by atoms with Gasteiger partial charge in [-0.05, 0) is 46.5 Å². The summed E-state index contributed by atoms with van der Waals surface area (Å²) in [5, 5.41) is 13.0. The first-order chi connectivity index (χ1) is 9.49. The van der Waals surface area contributed by atoms with E-state index in [4.69, 9.17) is 9.47 Å². The van der Waals surface area contributed by atoms with Crippen molar-refractivity contribution >= 4 is 15.9 Å². The van der Waals surface area contributed by atoms with Crippen molar-refractivity contribution < 1.29 is 14.6 Å². The molecule has 0 saturated carbocycles. The van der Waals surface area contributed by atoms with E-state index in [0.717, 1.165) is 15.8 Å². The van der Waals surface area contributed by atoms with E-state index < -0.39 is 0 Å². The van der Waals surface area contributed by atoms with E-state index in [1.807, 2.05) is 32.9 Å². The van der Waals surface area contributed by atoms with Crippen LogP contribution >= 0.6 is 15.9 Å². The summed E-state index contributed by atoms with van der Waals surface area (Å²) in [4.78, 5) is 0. The van der Waals surface area contributed by atoms with Crippen LogP contribution in [0.2, 0.25) is 0 Å². The SMILES string of the molecule is CCOc1c(Br)cc(CNCC(O)C(C)C)cc1OC. The lowest BCUT2D eigenvalue weighted by molar-refractivity contribution is 0.123. The fraction of sp³-hybridized carbons (Fsp3) is 0.600. The summed E-state index contributed by atoms with van der Waals surface area (Å²) in [5.41, 5.74) is 1.08. The number of benzene rings is 1. The predicted octanol–water partition coefficient (Wildman–Crippen LogP) is 2.96. The lowest BCUT2D eigenvalue weighted by atomic mass is 10.1. The van der Waals surface area contributed by atoms with Gasteiger partial charge in [0.2, 0.25) is 0 Å². The molecule has 1 aromatic rings. The average molecular weight is 346 g/mol. The monoisotopic (exact) mass is 345 g/mol. The maximum atomic E-state index is 9.76. The van der Waals surface area contributed by atoms with Gasteiger partial charge in [0.25, 0.3) is 0 Å². The van der Waals surface area contributed by atoms with Gasteiger partial charge >= 0.3 is 0 Å². The summed E-state index contributed by atoms with van der Waals surface area (Å²) < 4.78 is 11.8. The third-order valence-corrected chi connectivity index (χ3v) is 3.62. The Morgan fingerprint density at radius 1 is 1.35 bits per heavy atom. The Hall–Kier alpha value is -0.780. The Labute approximate surface area is 129 Å². The number of rotatable bonds is 8. The lowest BCUT2D eigenvalue weighted by Gasteiger charge is -2.16. The zero-order valence-corrected chi connectivity index (χ0v) is 14.2. The largest absolute Gasteiger partial charge is 0.493 e. The topological polar surface area (TPSA) is 50.7 Å². The molecule has 0 heterocycles. The zero-order valence-electron chi connectivity index (χ0n) is 12.6. The van der Waals surface area contributed by atoms with Gasteiger partial charge in [-0.15, -0.1) is 0 Å². The number of nitrogens with one attached hydrogen (secondary N) is 1. The molecule has 0 aliphatic heterocycles. The van der Waals surface area contributed by atoms with Crippen molar-refractivity contribution in [2.45, 2.75) is 33.4 Å². The van der Waals surface area contributed by atoms with Gasteiger partial charge in [0, 0.05) is 13.1 Å². The summed E-state index contributed by atoms with van der Waals surface area (Å²) in [6.07, 6.45) is -0.331. The molecule has 1 unspecified atom stereocenters. The highest BCUT2D eigenvalue weighted by Crippen LogP contribution is 2.36. The molecular weight excluding hydrogens is 322 g/mol. The molecule has 0 spiro atoms. The van der Waals surface area contributed by atoms with Crippen LogP contribution in [0.25, 0.3) is 0 Å². The highest BCUT2D eigenvalue weighted by molar-refractivity contribution is 9.10. The van der Waals surface area contributed by atoms with E-state index in [1.165, 1.54) is 0 Å². The molecule has 0 aromatic heterocycles. The molecule has 4 nitrogen and oxygen atoms in total. The van der Waals surface area contributed by atoms with Crippen LogP contribution in [-0.2, 0) is 6.54 Å². The minimum Gasteiger partial charge on any atom is -0.493 e. The van der Waals surface area contributed by atoms with Crippen molar-refractivity contribution in [2.24, 2.45) is 5.92 Å². The Kier molecular flexibility index (Phi) is 7.34. The molecule has 2 N–H and O–H groups in total. The Bertz CT molecular complexity index is 424. The number of hydrogen-bond acceptors (Lipinski definition) is 4. The van der Waals surface area contributed by atoms with Crippen LogP contribution in [-0.4, -0.2) is 31.5 Å². The molecular formula is C15H24BrNO3. The van der Waals surface area contributed by atoms with Gasteiger partial charge in [-0.3, -0.25) is 0 Å². The van der Waals surface area contributed by atoms with Crippen LogP contribution in [0.15, 0.2) is 16.6 Å². The smallest absolute Gasteiger partial charge is 0.175 e. The van der Waals surface area contributed by atoms with Crippen LogP contribution in [0, 0.1) is 5.92 Å². The van der Waals surface area contributed by atoms with E-state index in [0.29, 0.717) is 25.4 Å². The minimum atomic E-state index is -0.331. The molecule has 20 heavy (non-hydrogen) atoms. The molecule has 1 aromatic carbocycles. The second kappa shape index (κ2) is 8.49. The summed E-state index contributed by atoms with van der Waals surface area (Å²) in [5.74, 6) is 1.69. The van der Waals surface area contributed by atoms with Crippen molar-refractivity contribution in [2.75, 3.05) is 20.3 Å². The van der Waals surface area contributed by atoms with Crippen molar-refractivity contribution in [3.8, 4) is 11.5 Å². The summed E-state index contributed by atoms with van der Waals surface area (Å²) in [6, 6.07) is 3.95. The number of hydrogen-bond donors (Lipinski definition) is 2. The Morgan fingerprint density at radius 3 is 2.60 bits per heavy atom. The summed E-state index contributed by atoms with van der Waals surface area (Å²) in [6.45, 7) is 7.78. The molecule has 0 fully saturated rings. The Balaban J connectivity index is 2.70. The van der Waals surface area contributed by atoms with Crippen molar-refractivity contribution in [3.63, 3.8) is 0 Å². The molecule has 0 bridgehead atoms. The van der Waals surface area contributed by atoms with Crippen molar-refractivity contribution in [1.29, 1.82) is 0 Å². The fourth-order valence-corrected chi connectivity index (χ4v) is 2.36. The third kappa shape index (κ3) is 4.96. The molecule has 0 saturated heterocycles. The van der Waals surface area contributed by atoms with Gasteiger partial charge in [-0.2, -0.15) is 0 Å².